The zero-order valence-corrected chi connectivity index (χ0v) is 12.7. The highest BCUT2D eigenvalue weighted by molar-refractivity contribution is 7.98. The lowest BCUT2D eigenvalue weighted by atomic mass is 9.98. The Morgan fingerprint density at radius 2 is 2.14 bits per heavy atom. The minimum Gasteiger partial charge on any atom is -0.309 e. The molecule has 0 spiro atoms. The predicted octanol–water partition coefficient (Wildman–Crippen LogP) is 2.85. The Balaban J connectivity index is 1.82. The van der Waals surface area contributed by atoms with E-state index in [9.17, 15) is 14.9 Å². The smallest absolute Gasteiger partial charge is 0.309 e. The van der Waals surface area contributed by atoms with Crippen LogP contribution < -0.4 is 5.69 Å². The van der Waals surface area contributed by atoms with Crippen LogP contribution in [0.5, 0.6) is 0 Å². The summed E-state index contributed by atoms with van der Waals surface area (Å²) in [7, 11) is 0. The van der Waals surface area contributed by atoms with Crippen molar-refractivity contribution >= 4 is 17.4 Å². The number of hydrogen-bond acceptors (Lipinski definition) is 5. The monoisotopic (exact) mass is 317 g/mol. The quantitative estimate of drug-likeness (QED) is 0.405. The number of nitrogens with one attached hydrogen (secondary N) is 1. The summed E-state index contributed by atoms with van der Waals surface area (Å²) in [5, 5.41) is 11.6. The van der Waals surface area contributed by atoms with E-state index in [1.54, 1.807) is 12.1 Å². The van der Waals surface area contributed by atoms with Gasteiger partial charge in [-0.3, -0.25) is 10.1 Å². The number of nitrogens with zero attached hydrogens (tertiary/aromatic N) is 2. The van der Waals surface area contributed by atoms with Gasteiger partial charge in [-0.15, -0.1) is 11.8 Å². The fraction of sp³-hybridized carbons (Fsp3) is 0.333. The molecule has 0 saturated carbocycles. The third-order valence-electron chi connectivity index (χ3n) is 3.68. The molecule has 0 bridgehead atoms. The fourth-order valence-electron chi connectivity index (χ4n) is 2.63. The van der Waals surface area contributed by atoms with Crippen LogP contribution >= 0.6 is 11.8 Å². The Labute approximate surface area is 131 Å². The van der Waals surface area contributed by atoms with Crippen LogP contribution in [0.15, 0.2) is 34.1 Å². The Morgan fingerprint density at radius 3 is 2.95 bits per heavy atom. The maximum Gasteiger partial charge on any atom is 0.346 e. The van der Waals surface area contributed by atoms with Crippen molar-refractivity contribution in [2.24, 2.45) is 0 Å². The molecular formula is C15H15N3O3S. The van der Waals surface area contributed by atoms with Crippen LogP contribution in [0.4, 0.5) is 5.69 Å². The van der Waals surface area contributed by atoms with E-state index in [0.29, 0.717) is 5.75 Å². The van der Waals surface area contributed by atoms with Gasteiger partial charge in [-0.25, -0.2) is 4.79 Å². The van der Waals surface area contributed by atoms with Crippen LogP contribution in [-0.2, 0) is 18.6 Å². The molecule has 114 valence electrons. The average molecular weight is 317 g/mol. The summed E-state index contributed by atoms with van der Waals surface area (Å²) in [5.41, 5.74) is 2.74. The number of aryl methyl sites for hydroxylation is 1. The molecule has 1 heterocycles. The average Bonchev–Trinajstić information content (AvgIpc) is 2.52. The Bertz CT molecular complexity index is 773. The van der Waals surface area contributed by atoms with Gasteiger partial charge in [0.05, 0.1) is 4.92 Å². The number of rotatable bonds is 4. The lowest BCUT2D eigenvalue weighted by Crippen LogP contribution is -2.19. The summed E-state index contributed by atoms with van der Waals surface area (Å²) in [6, 6.07) is 6.56. The first kappa shape index (κ1) is 14.8. The molecule has 3 rings (SSSR count). The van der Waals surface area contributed by atoms with Gasteiger partial charge in [-0.2, -0.15) is 4.98 Å². The van der Waals surface area contributed by atoms with Crippen molar-refractivity contribution in [1.29, 1.82) is 0 Å². The number of non-ortho nitro benzene ring substituents is 1. The number of aromatic nitrogens is 2. The molecule has 1 N–H and O–H groups in total. The van der Waals surface area contributed by atoms with E-state index < -0.39 is 4.92 Å². The topological polar surface area (TPSA) is 88.9 Å². The summed E-state index contributed by atoms with van der Waals surface area (Å²) in [4.78, 5) is 28.9. The summed E-state index contributed by atoms with van der Waals surface area (Å²) in [5.74, 6) is 0.560. The molecule has 0 saturated heterocycles. The number of fused-ring (bicyclic) bond motifs is 1. The number of nitro groups is 1. The van der Waals surface area contributed by atoms with Gasteiger partial charge >= 0.3 is 5.69 Å². The molecule has 0 unspecified atom stereocenters. The molecule has 0 amide bonds. The number of hydrogen-bond donors (Lipinski definition) is 1. The molecular weight excluding hydrogens is 302 g/mol. The van der Waals surface area contributed by atoms with Crippen LogP contribution in [0.1, 0.15) is 29.7 Å². The highest BCUT2D eigenvalue weighted by Gasteiger charge is 2.16. The van der Waals surface area contributed by atoms with E-state index in [4.69, 9.17) is 0 Å². The highest BCUT2D eigenvalue weighted by atomic mass is 32.2. The largest absolute Gasteiger partial charge is 0.346 e. The fourth-order valence-corrected chi connectivity index (χ4v) is 3.66. The number of nitro benzene ring substituents is 1. The molecule has 6 nitrogen and oxygen atoms in total. The van der Waals surface area contributed by atoms with E-state index in [1.165, 1.54) is 17.8 Å². The molecule has 1 aromatic heterocycles. The maximum atomic E-state index is 11.6. The zero-order chi connectivity index (χ0) is 15.5. The highest BCUT2D eigenvalue weighted by Crippen LogP contribution is 2.29. The molecule has 7 heteroatoms. The Kier molecular flexibility index (Phi) is 4.24. The molecule has 1 aromatic carbocycles. The Hall–Kier alpha value is -2.15. The van der Waals surface area contributed by atoms with Crippen molar-refractivity contribution in [3.05, 3.63) is 61.7 Å². The van der Waals surface area contributed by atoms with E-state index in [1.807, 2.05) is 6.07 Å². The van der Waals surface area contributed by atoms with Gasteiger partial charge in [0.15, 0.2) is 0 Å². The van der Waals surface area contributed by atoms with Crippen LogP contribution in [0, 0.1) is 10.1 Å². The first-order chi connectivity index (χ1) is 10.6. The summed E-state index contributed by atoms with van der Waals surface area (Å²) in [6.07, 6.45) is 4.00. The predicted molar refractivity (Wildman–Crippen MR) is 84.2 cm³/mol. The first-order valence-electron chi connectivity index (χ1n) is 7.11. The molecule has 0 fully saturated rings. The first-order valence-corrected chi connectivity index (χ1v) is 8.10. The second-order valence-electron chi connectivity index (χ2n) is 5.23. The molecule has 0 atom stereocenters. The number of H-pyrrole nitrogens is 1. The number of benzene rings is 1. The zero-order valence-electron chi connectivity index (χ0n) is 11.9. The van der Waals surface area contributed by atoms with E-state index in [0.717, 1.165) is 47.5 Å². The van der Waals surface area contributed by atoms with Crippen LogP contribution in [0.3, 0.4) is 0 Å². The van der Waals surface area contributed by atoms with Crippen LogP contribution in [0.2, 0.25) is 0 Å². The molecule has 1 aliphatic rings. The molecule has 22 heavy (non-hydrogen) atoms. The Morgan fingerprint density at radius 1 is 1.32 bits per heavy atom. The van der Waals surface area contributed by atoms with Crippen molar-refractivity contribution in [2.45, 2.75) is 36.5 Å². The van der Waals surface area contributed by atoms with Gasteiger partial charge in [-0.1, -0.05) is 12.1 Å². The third kappa shape index (κ3) is 3.19. The van der Waals surface area contributed by atoms with E-state index in [2.05, 4.69) is 9.97 Å². The van der Waals surface area contributed by atoms with Crippen molar-refractivity contribution in [3.63, 3.8) is 0 Å². The maximum absolute atomic E-state index is 11.6. The molecule has 0 radical (unpaired) electrons. The second kappa shape index (κ2) is 6.31. The number of thioether (sulfide) groups is 1. The van der Waals surface area contributed by atoms with Crippen molar-refractivity contribution in [3.8, 4) is 0 Å². The van der Waals surface area contributed by atoms with E-state index in [-0.39, 0.29) is 11.4 Å². The van der Waals surface area contributed by atoms with Crippen molar-refractivity contribution < 1.29 is 4.92 Å². The SMILES string of the molecule is O=c1nc(SCc2cccc([N+](=O)[O-])c2)c2c([nH]1)CCCC2. The van der Waals surface area contributed by atoms with Gasteiger partial charge < -0.3 is 4.98 Å². The molecule has 2 aromatic rings. The van der Waals surface area contributed by atoms with Gasteiger partial charge in [0.25, 0.3) is 5.69 Å². The third-order valence-corrected chi connectivity index (χ3v) is 4.77. The molecule has 1 aliphatic carbocycles. The number of aromatic amines is 1. The van der Waals surface area contributed by atoms with Crippen molar-refractivity contribution in [2.75, 3.05) is 0 Å². The van der Waals surface area contributed by atoms with Gasteiger partial charge in [0.1, 0.15) is 5.03 Å². The lowest BCUT2D eigenvalue weighted by Gasteiger charge is -2.17. The molecule has 0 aliphatic heterocycles. The summed E-state index contributed by atoms with van der Waals surface area (Å²) >= 11 is 1.47. The van der Waals surface area contributed by atoms with Gasteiger partial charge in [0.2, 0.25) is 0 Å². The van der Waals surface area contributed by atoms with Gasteiger partial charge in [-0.05, 0) is 31.2 Å². The standard InChI is InChI=1S/C15H15N3O3S/c19-15-16-13-7-2-1-6-12(13)14(17-15)22-9-10-4-3-5-11(8-10)18(20)21/h3-5,8H,1-2,6-7,9H2,(H,16,17,19). The van der Waals surface area contributed by atoms with E-state index >= 15 is 0 Å². The van der Waals surface area contributed by atoms with Crippen LogP contribution in [0.25, 0.3) is 0 Å². The summed E-state index contributed by atoms with van der Waals surface area (Å²) in [6.45, 7) is 0. The second-order valence-corrected chi connectivity index (χ2v) is 6.19. The normalized spacial score (nSPS) is 13.6. The van der Waals surface area contributed by atoms with Crippen molar-refractivity contribution in [1.82, 2.24) is 9.97 Å². The summed E-state index contributed by atoms with van der Waals surface area (Å²) < 4.78 is 0. The lowest BCUT2D eigenvalue weighted by molar-refractivity contribution is -0.384. The minimum atomic E-state index is -0.401. The van der Waals surface area contributed by atoms with Gasteiger partial charge in [0, 0.05) is 29.1 Å². The minimum absolute atomic E-state index is 0.0824. The van der Waals surface area contributed by atoms with Crippen LogP contribution in [-0.4, -0.2) is 14.9 Å².